The lowest BCUT2D eigenvalue weighted by Crippen LogP contribution is -2.40. The average molecular weight is 240 g/mol. The molecule has 1 rings (SSSR count). The zero-order valence-corrected chi connectivity index (χ0v) is 10.3. The highest BCUT2D eigenvalue weighted by molar-refractivity contribution is 5.76. The van der Waals surface area contributed by atoms with Crippen molar-refractivity contribution in [3.8, 4) is 0 Å². The highest BCUT2D eigenvalue weighted by Gasteiger charge is 2.13. The number of nitrogens with two attached hydrogens (primary N) is 1. The number of aliphatic hydroxyl groups excluding tert-OH is 1. The molecule has 1 unspecified atom stereocenters. The SMILES string of the molecule is CC(C)CC(CO)NC(=O)Cn1ccc(N)n1. The Kier molecular flexibility index (Phi) is 4.96. The minimum absolute atomic E-state index is 0.0504. The van der Waals surface area contributed by atoms with Gasteiger partial charge in [0.05, 0.1) is 12.6 Å². The Balaban J connectivity index is 2.42. The molecule has 1 amide bonds. The van der Waals surface area contributed by atoms with Gasteiger partial charge in [0.1, 0.15) is 12.4 Å². The molecule has 4 N–H and O–H groups in total. The van der Waals surface area contributed by atoms with Crippen molar-refractivity contribution in [2.24, 2.45) is 5.92 Å². The van der Waals surface area contributed by atoms with Crippen molar-refractivity contribution in [1.82, 2.24) is 15.1 Å². The minimum Gasteiger partial charge on any atom is -0.394 e. The summed E-state index contributed by atoms with van der Waals surface area (Å²) in [6, 6.07) is 1.43. The van der Waals surface area contributed by atoms with Crippen LogP contribution in [0.4, 0.5) is 5.82 Å². The van der Waals surface area contributed by atoms with Gasteiger partial charge in [-0.2, -0.15) is 5.10 Å². The third-order valence-electron chi connectivity index (χ3n) is 2.31. The van der Waals surface area contributed by atoms with Gasteiger partial charge in [-0.25, -0.2) is 0 Å². The number of nitrogen functional groups attached to an aromatic ring is 1. The van der Waals surface area contributed by atoms with Gasteiger partial charge in [0, 0.05) is 6.20 Å². The molecule has 17 heavy (non-hydrogen) atoms. The molecular weight excluding hydrogens is 220 g/mol. The fourth-order valence-corrected chi connectivity index (χ4v) is 1.63. The van der Waals surface area contributed by atoms with Crippen molar-refractivity contribution in [3.05, 3.63) is 12.3 Å². The van der Waals surface area contributed by atoms with Gasteiger partial charge in [-0.1, -0.05) is 13.8 Å². The number of carbonyl (C=O) groups is 1. The zero-order valence-electron chi connectivity index (χ0n) is 10.3. The van der Waals surface area contributed by atoms with Gasteiger partial charge < -0.3 is 16.2 Å². The second kappa shape index (κ2) is 6.24. The molecule has 0 saturated carbocycles. The number of nitrogens with zero attached hydrogens (tertiary/aromatic N) is 2. The normalized spacial score (nSPS) is 12.7. The standard InChI is InChI=1S/C11H20N4O2/c1-8(2)5-9(7-16)13-11(17)6-15-4-3-10(12)14-15/h3-4,8-9,16H,5-7H2,1-2H3,(H2,12,14)(H,13,17). The summed E-state index contributed by atoms with van der Waals surface area (Å²) in [5.41, 5.74) is 5.44. The molecule has 0 radical (unpaired) electrons. The van der Waals surface area contributed by atoms with Crippen molar-refractivity contribution >= 4 is 11.7 Å². The minimum atomic E-state index is -0.199. The van der Waals surface area contributed by atoms with E-state index in [4.69, 9.17) is 10.8 Å². The Hall–Kier alpha value is -1.56. The van der Waals surface area contributed by atoms with E-state index in [-0.39, 0.29) is 25.1 Å². The number of amides is 1. The molecule has 0 spiro atoms. The quantitative estimate of drug-likeness (QED) is 0.652. The van der Waals surface area contributed by atoms with Crippen LogP contribution in [0.1, 0.15) is 20.3 Å². The van der Waals surface area contributed by atoms with E-state index in [9.17, 15) is 4.79 Å². The Morgan fingerprint density at radius 2 is 2.35 bits per heavy atom. The molecular formula is C11H20N4O2. The van der Waals surface area contributed by atoms with Crippen LogP contribution in [0, 0.1) is 5.92 Å². The van der Waals surface area contributed by atoms with E-state index in [1.807, 2.05) is 13.8 Å². The lowest BCUT2D eigenvalue weighted by Gasteiger charge is -2.18. The van der Waals surface area contributed by atoms with E-state index in [2.05, 4.69) is 10.4 Å². The number of aliphatic hydroxyl groups is 1. The molecule has 0 aromatic carbocycles. The Morgan fingerprint density at radius 1 is 1.65 bits per heavy atom. The molecule has 0 aliphatic heterocycles. The molecule has 0 bridgehead atoms. The summed E-state index contributed by atoms with van der Waals surface area (Å²) < 4.78 is 1.47. The number of hydrogen-bond acceptors (Lipinski definition) is 4. The van der Waals surface area contributed by atoms with Gasteiger partial charge in [0.25, 0.3) is 0 Å². The highest BCUT2D eigenvalue weighted by Crippen LogP contribution is 2.04. The average Bonchev–Trinajstić information content (AvgIpc) is 2.62. The molecule has 0 fully saturated rings. The van der Waals surface area contributed by atoms with Crippen molar-refractivity contribution in [2.45, 2.75) is 32.9 Å². The van der Waals surface area contributed by atoms with E-state index in [1.165, 1.54) is 4.68 Å². The topological polar surface area (TPSA) is 93.2 Å². The number of nitrogens with one attached hydrogen (secondary N) is 1. The van der Waals surface area contributed by atoms with Gasteiger partial charge in [0.2, 0.25) is 5.91 Å². The van der Waals surface area contributed by atoms with Crippen LogP contribution in [-0.2, 0) is 11.3 Å². The van der Waals surface area contributed by atoms with Crippen LogP contribution in [-0.4, -0.2) is 33.4 Å². The predicted octanol–water partition coefficient (Wildman–Crippen LogP) is -0.0115. The summed E-state index contributed by atoms with van der Waals surface area (Å²) in [6.07, 6.45) is 2.40. The molecule has 1 aromatic heterocycles. The number of aromatic nitrogens is 2. The third kappa shape index (κ3) is 4.86. The van der Waals surface area contributed by atoms with Gasteiger partial charge >= 0.3 is 0 Å². The van der Waals surface area contributed by atoms with Crippen molar-refractivity contribution in [3.63, 3.8) is 0 Å². The van der Waals surface area contributed by atoms with Gasteiger partial charge in [-0.05, 0) is 18.4 Å². The second-order valence-electron chi connectivity index (χ2n) is 4.51. The number of hydrogen-bond donors (Lipinski definition) is 3. The van der Waals surface area contributed by atoms with Crippen molar-refractivity contribution in [1.29, 1.82) is 0 Å². The fourth-order valence-electron chi connectivity index (χ4n) is 1.63. The second-order valence-corrected chi connectivity index (χ2v) is 4.51. The van der Waals surface area contributed by atoms with Gasteiger partial charge in [-0.15, -0.1) is 0 Å². The third-order valence-corrected chi connectivity index (χ3v) is 2.31. The van der Waals surface area contributed by atoms with Crippen LogP contribution in [0.15, 0.2) is 12.3 Å². The van der Waals surface area contributed by atoms with Crippen molar-refractivity contribution in [2.75, 3.05) is 12.3 Å². The monoisotopic (exact) mass is 240 g/mol. The van der Waals surface area contributed by atoms with E-state index in [1.54, 1.807) is 12.3 Å². The fraction of sp³-hybridized carbons (Fsp3) is 0.636. The summed E-state index contributed by atoms with van der Waals surface area (Å²) in [4.78, 5) is 11.6. The smallest absolute Gasteiger partial charge is 0.242 e. The van der Waals surface area contributed by atoms with Crippen LogP contribution in [0.3, 0.4) is 0 Å². The molecule has 96 valence electrons. The lowest BCUT2D eigenvalue weighted by atomic mass is 10.0. The van der Waals surface area contributed by atoms with Gasteiger partial charge in [0.15, 0.2) is 0 Å². The first-order chi connectivity index (χ1) is 8.01. The summed E-state index contributed by atoms with van der Waals surface area (Å²) in [6.45, 7) is 4.16. The maximum Gasteiger partial charge on any atom is 0.242 e. The van der Waals surface area contributed by atoms with Crippen LogP contribution < -0.4 is 11.1 Å². The zero-order chi connectivity index (χ0) is 12.8. The highest BCUT2D eigenvalue weighted by atomic mass is 16.3. The molecule has 6 heteroatoms. The summed E-state index contributed by atoms with van der Waals surface area (Å²) in [5, 5.41) is 15.8. The molecule has 0 aliphatic rings. The van der Waals surface area contributed by atoms with Crippen molar-refractivity contribution < 1.29 is 9.90 Å². The van der Waals surface area contributed by atoms with E-state index in [0.29, 0.717) is 11.7 Å². The summed E-state index contributed by atoms with van der Waals surface area (Å²) >= 11 is 0. The Bertz CT molecular complexity index is 362. The first kappa shape index (κ1) is 13.5. The molecule has 0 saturated heterocycles. The number of rotatable bonds is 6. The maximum atomic E-state index is 11.6. The lowest BCUT2D eigenvalue weighted by molar-refractivity contribution is -0.123. The van der Waals surface area contributed by atoms with E-state index in [0.717, 1.165) is 6.42 Å². The predicted molar refractivity (Wildman–Crippen MR) is 65.1 cm³/mol. The Labute approximate surface area is 101 Å². The van der Waals surface area contributed by atoms with Gasteiger partial charge in [-0.3, -0.25) is 9.48 Å². The molecule has 0 aliphatic carbocycles. The molecule has 1 heterocycles. The first-order valence-electron chi connectivity index (χ1n) is 5.70. The molecule has 6 nitrogen and oxygen atoms in total. The maximum absolute atomic E-state index is 11.6. The summed E-state index contributed by atoms with van der Waals surface area (Å²) in [7, 11) is 0. The molecule has 1 atom stereocenters. The van der Waals surface area contributed by atoms with Crippen LogP contribution >= 0.6 is 0 Å². The Morgan fingerprint density at radius 3 is 2.82 bits per heavy atom. The van der Waals surface area contributed by atoms with Crippen LogP contribution in [0.5, 0.6) is 0 Å². The number of anilines is 1. The first-order valence-corrected chi connectivity index (χ1v) is 5.70. The van der Waals surface area contributed by atoms with Crippen LogP contribution in [0.2, 0.25) is 0 Å². The molecule has 1 aromatic rings. The van der Waals surface area contributed by atoms with Crippen LogP contribution in [0.25, 0.3) is 0 Å². The summed E-state index contributed by atoms with van der Waals surface area (Å²) in [5.74, 6) is 0.638. The largest absolute Gasteiger partial charge is 0.394 e. The van der Waals surface area contributed by atoms with E-state index < -0.39 is 0 Å². The van der Waals surface area contributed by atoms with E-state index >= 15 is 0 Å². The number of carbonyl (C=O) groups excluding carboxylic acids is 1.